The fourth-order valence-corrected chi connectivity index (χ4v) is 1.32. The van der Waals surface area contributed by atoms with Gasteiger partial charge in [0.15, 0.2) is 5.82 Å². The third kappa shape index (κ3) is 3.34. The number of nitrogens with one attached hydrogen (secondary N) is 2. The van der Waals surface area contributed by atoms with Crippen molar-refractivity contribution in [2.45, 2.75) is 19.9 Å². The number of amides is 2. The fourth-order valence-electron chi connectivity index (χ4n) is 1.07. The summed E-state index contributed by atoms with van der Waals surface area (Å²) in [6.45, 7) is 3.50. The Kier molecular flexibility index (Phi) is 4.06. The normalized spacial score (nSPS) is 10.4. The minimum absolute atomic E-state index is 0.0951. The van der Waals surface area contributed by atoms with Crippen molar-refractivity contribution in [3.05, 3.63) is 28.8 Å². The lowest BCUT2D eigenvalue weighted by Gasteiger charge is -2.11. The van der Waals surface area contributed by atoms with E-state index in [1.54, 1.807) is 13.8 Å². The van der Waals surface area contributed by atoms with Crippen LogP contribution < -0.4 is 10.6 Å². The summed E-state index contributed by atoms with van der Waals surface area (Å²) in [7, 11) is 0. The highest BCUT2D eigenvalue weighted by Crippen LogP contribution is 2.26. The molecule has 0 saturated heterocycles. The van der Waals surface area contributed by atoms with E-state index >= 15 is 0 Å². The molecule has 1 rings (SSSR count). The van der Waals surface area contributed by atoms with E-state index in [2.05, 4.69) is 10.6 Å². The predicted octanol–water partition coefficient (Wildman–Crippen LogP) is 3.15. The Hall–Kier alpha value is -1.36. The van der Waals surface area contributed by atoms with Crippen LogP contribution in [-0.4, -0.2) is 12.1 Å². The molecule has 0 bridgehead atoms. The van der Waals surface area contributed by atoms with E-state index in [9.17, 15) is 13.6 Å². The Morgan fingerprint density at radius 2 is 2.00 bits per heavy atom. The van der Waals surface area contributed by atoms with Crippen LogP contribution in [0.2, 0.25) is 5.02 Å². The predicted molar refractivity (Wildman–Crippen MR) is 58.7 cm³/mol. The highest BCUT2D eigenvalue weighted by atomic mass is 35.5. The van der Waals surface area contributed by atoms with Crippen molar-refractivity contribution >= 4 is 23.3 Å². The zero-order chi connectivity index (χ0) is 12.3. The quantitative estimate of drug-likeness (QED) is 0.829. The largest absolute Gasteiger partial charge is 0.336 e. The molecule has 0 aromatic heterocycles. The van der Waals surface area contributed by atoms with E-state index in [1.165, 1.54) is 0 Å². The lowest BCUT2D eigenvalue weighted by molar-refractivity contribution is 0.250. The molecule has 2 N–H and O–H groups in total. The van der Waals surface area contributed by atoms with Crippen molar-refractivity contribution in [1.82, 2.24) is 5.32 Å². The molecule has 0 fully saturated rings. The highest BCUT2D eigenvalue weighted by Gasteiger charge is 2.13. The van der Waals surface area contributed by atoms with Gasteiger partial charge in [-0.1, -0.05) is 11.6 Å². The van der Waals surface area contributed by atoms with E-state index < -0.39 is 17.7 Å². The van der Waals surface area contributed by atoms with Crippen LogP contribution in [0.5, 0.6) is 0 Å². The van der Waals surface area contributed by atoms with Crippen LogP contribution in [0.15, 0.2) is 12.1 Å². The minimum atomic E-state index is -0.913. The topological polar surface area (TPSA) is 41.1 Å². The molecule has 0 heterocycles. The number of rotatable bonds is 2. The van der Waals surface area contributed by atoms with Gasteiger partial charge in [-0.15, -0.1) is 0 Å². The summed E-state index contributed by atoms with van der Waals surface area (Å²) in [5.41, 5.74) is -0.235. The van der Waals surface area contributed by atoms with Gasteiger partial charge in [0.25, 0.3) is 0 Å². The Morgan fingerprint density at radius 3 is 2.50 bits per heavy atom. The van der Waals surface area contributed by atoms with Gasteiger partial charge >= 0.3 is 6.03 Å². The number of anilines is 1. The maximum Gasteiger partial charge on any atom is 0.319 e. The number of hydrogen-bond donors (Lipinski definition) is 2. The van der Waals surface area contributed by atoms with Gasteiger partial charge in [0, 0.05) is 12.1 Å². The second-order valence-corrected chi connectivity index (χ2v) is 3.90. The first-order chi connectivity index (χ1) is 7.40. The van der Waals surface area contributed by atoms with Crippen LogP contribution in [0.1, 0.15) is 13.8 Å². The smallest absolute Gasteiger partial charge is 0.319 e. The van der Waals surface area contributed by atoms with Crippen molar-refractivity contribution < 1.29 is 13.6 Å². The Balaban J connectivity index is 2.85. The number of hydrogen-bond acceptors (Lipinski definition) is 1. The van der Waals surface area contributed by atoms with E-state index in [1.807, 2.05) is 0 Å². The van der Waals surface area contributed by atoms with E-state index in [0.29, 0.717) is 6.07 Å². The van der Waals surface area contributed by atoms with Gasteiger partial charge in [0.2, 0.25) is 0 Å². The Labute approximate surface area is 96.8 Å². The standard InChI is InChI=1S/C10H11ClF2N2O/c1-5(2)14-10(16)15-9-7(11)3-6(12)4-8(9)13/h3-5H,1-2H3,(H2,14,15,16). The van der Waals surface area contributed by atoms with Gasteiger partial charge in [-0.05, 0) is 19.9 Å². The first-order valence-corrected chi connectivity index (χ1v) is 5.00. The molecule has 0 unspecified atom stereocenters. The van der Waals surface area contributed by atoms with Crippen LogP contribution >= 0.6 is 11.6 Å². The molecule has 3 nitrogen and oxygen atoms in total. The monoisotopic (exact) mass is 248 g/mol. The van der Waals surface area contributed by atoms with Gasteiger partial charge < -0.3 is 10.6 Å². The third-order valence-corrected chi connectivity index (χ3v) is 1.96. The average molecular weight is 249 g/mol. The first-order valence-electron chi connectivity index (χ1n) is 4.62. The summed E-state index contributed by atoms with van der Waals surface area (Å²) < 4.78 is 25.9. The lowest BCUT2D eigenvalue weighted by Crippen LogP contribution is -2.34. The van der Waals surface area contributed by atoms with Gasteiger partial charge in [0.05, 0.1) is 10.7 Å². The number of urea groups is 1. The molecule has 0 saturated carbocycles. The van der Waals surface area contributed by atoms with E-state index in [4.69, 9.17) is 11.6 Å². The molecule has 1 aromatic carbocycles. The molecule has 16 heavy (non-hydrogen) atoms. The molecule has 0 radical (unpaired) electrons. The summed E-state index contributed by atoms with van der Waals surface area (Å²) in [5, 5.41) is 4.52. The number of benzene rings is 1. The number of carbonyl (C=O) groups excluding carboxylic acids is 1. The summed E-state index contributed by atoms with van der Waals surface area (Å²) in [4.78, 5) is 11.3. The highest BCUT2D eigenvalue weighted by molar-refractivity contribution is 6.33. The fraction of sp³-hybridized carbons (Fsp3) is 0.300. The molecule has 0 atom stereocenters. The van der Waals surface area contributed by atoms with Gasteiger partial charge in [-0.3, -0.25) is 0 Å². The van der Waals surface area contributed by atoms with E-state index in [-0.39, 0.29) is 16.8 Å². The average Bonchev–Trinajstić information content (AvgIpc) is 2.09. The van der Waals surface area contributed by atoms with Crippen LogP contribution in [0.25, 0.3) is 0 Å². The van der Waals surface area contributed by atoms with Gasteiger partial charge in [-0.25, -0.2) is 13.6 Å². The van der Waals surface area contributed by atoms with Crippen LogP contribution in [0.3, 0.4) is 0 Å². The number of halogens is 3. The second-order valence-electron chi connectivity index (χ2n) is 3.50. The van der Waals surface area contributed by atoms with Crippen molar-refractivity contribution in [2.75, 3.05) is 5.32 Å². The molecule has 0 aliphatic rings. The molecule has 6 heteroatoms. The maximum absolute atomic E-state index is 13.2. The number of carbonyl (C=O) groups is 1. The van der Waals surface area contributed by atoms with Crippen molar-refractivity contribution in [1.29, 1.82) is 0 Å². The zero-order valence-electron chi connectivity index (χ0n) is 8.77. The Bertz CT molecular complexity index is 387. The van der Waals surface area contributed by atoms with Crippen LogP contribution in [0, 0.1) is 11.6 Å². The SMILES string of the molecule is CC(C)NC(=O)Nc1c(F)cc(F)cc1Cl. The maximum atomic E-state index is 13.2. The molecular formula is C10H11ClF2N2O. The molecule has 88 valence electrons. The first kappa shape index (κ1) is 12.7. The van der Waals surface area contributed by atoms with Crippen molar-refractivity contribution in [3.63, 3.8) is 0 Å². The van der Waals surface area contributed by atoms with Crippen LogP contribution in [-0.2, 0) is 0 Å². The Morgan fingerprint density at radius 1 is 1.38 bits per heavy atom. The van der Waals surface area contributed by atoms with Crippen LogP contribution in [0.4, 0.5) is 19.3 Å². The minimum Gasteiger partial charge on any atom is -0.336 e. The summed E-state index contributed by atoms with van der Waals surface area (Å²) in [6.07, 6.45) is 0. The zero-order valence-corrected chi connectivity index (χ0v) is 9.53. The third-order valence-electron chi connectivity index (χ3n) is 1.67. The molecule has 1 aromatic rings. The van der Waals surface area contributed by atoms with Gasteiger partial charge in [0.1, 0.15) is 5.82 Å². The summed E-state index contributed by atoms with van der Waals surface area (Å²) in [5.74, 6) is -1.71. The van der Waals surface area contributed by atoms with Crippen molar-refractivity contribution in [2.24, 2.45) is 0 Å². The second kappa shape index (κ2) is 5.12. The van der Waals surface area contributed by atoms with Crippen molar-refractivity contribution in [3.8, 4) is 0 Å². The van der Waals surface area contributed by atoms with E-state index in [0.717, 1.165) is 6.07 Å². The molecule has 0 aliphatic heterocycles. The summed E-state index contributed by atoms with van der Waals surface area (Å²) in [6, 6.07) is 0.886. The molecular weight excluding hydrogens is 238 g/mol. The lowest BCUT2D eigenvalue weighted by atomic mass is 10.3. The summed E-state index contributed by atoms with van der Waals surface area (Å²) >= 11 is 5.59. The molecule has 0 aliphatic carbocycles. The molecule has 2 amide bonds. The molecule has 0 spiro atoms. The van der Waals surface area contributed by atoms with Gasteiger partial charge in [-0.2, -0.15) is 0 Å².